The number of carbonyl (C=O) groups excluding carboxylic acids is 3. The average Bonchev–Trinajstić information content (AvgIpc) is 2.98. The molecule has 3 aromatic rings. The van der Waals surface area contributed by atoms with E-state index in [2.05, 4.69) is 5.32 Å². The van der Waals surface area contributed by atoms with Crippen molar-refractivity contribution >= 4 is 28.6 Å². The molecule has 6 nitrogen and oxygen atoms in total. The number of likely N-dealkylation sites (N-methyl/N-ethyl adjacent to an activating group) is 1. The molecular weight excluding hydrogens is 390 g/mol. The molecule has 0 saturated carbocycles. The summed E-state index contributed by atoms with van der Waals surface area (Å²) < 4.78 is 0. The first-order valence-corrected chi connectivity index (χ1v) is 10.2. The van der Waals surface area contributed by atoms with E-state index in [1.807, 2.05) is 73.7 Å². The zero-order valence-electron chi connectivity index (χ0n) is 17.9. The van der Waals surface area contributed by atoms with E-state index in [-0.39, 0.29) is 12.5 Å². The van der Waals surface area contributed by atoms with Gasteiger partial charge in [-0.1, -0.05) is 60.7 Å². The Labute approximate surface area is 181 Å². The van der Waals surface area contributed by atoms with Crippen LogP contribution in [0, 0.1) is 6.92 Å². The zero-order valence-corrected chi connectivity index (χ0v) is 17.9. The van der Waals surface area contributed by atoms with Gasteiger partial charge in [0.15, 0.2) is 0 Å². The van der Waals surface area contributed by atoms with Crippen LogP contribution in [0.4, 0.5) is 4.79 Å². The number of urea groups is 1. The fourth-order valence-electron chi connectivity index (χ4n) is 3.92. The van der Waals surface area contributed by atoms with Crippen LogP contribution in [0.5, 0.6) is 0 Å². The summed E-state index contributed by atoms with van der Waals surface area (Å²) >= 11 is 0. The maximum Gasteiger partial charge on any atom is 0.325 e. The van der Waals surface area contributed by atoms with Gasteiger partial charge in [0.2, 0.25) is 5.91 Å². The second-order valence-electron chi connectivity index (χ2n) is 8.18. The lowest BCUT2D eigenvalue weighted by Gasteiger charge is -2.24. The molecule has 0 bridgehead atoms. The second kappa shape index (κ2) is 7.87. The third-order valence-electron chi connectivity index (χ3n) is 5.99. The summed E-state index contributed by atoms with van der Waals surface area (Å²) in [6, 6.07) is 20.8. The minimum atomic E-state index is -1.21. The summed E-state index contributed by atoms with van der Waals surface area (Å²) in [5.41, 5.74) is 1.58. The maximum absolute atomic E-state index is 13.2. The molecular formula is C25H25N3O3. The van der Waals surface area contributed by atoms with Crippen molar-refractivity contribution in [3.8, 4) is 0 Å². The predicted octanol–water partition coefficient (Wildman–Crippen LogP) is 3.57. The van der Waals surface area contributed by atoms with Gasteiger partial charge >= 0.3 is 6.03 Å². The fraction of sp³-hybridized carbons (Fsp3) is 0.240. The largest absolute Gasteiger partial charge is 0.340 e. The van der Waals surface area contributed by atoms with Crippen LogP contribution in [0.3, 0.4) is 0 Å². The van der Waals surface area contributed by atoms with Gasteiger partial charge in [0.1, 0.15) is 12.1 Å². The molecule has 0 radical (unpaired) electrons. The minimum Gasteiger partial charge on any atom is -0.340 e. The lowest BCUT2D eigenvalue weighted by molar-refractivity contribution is -0.138. The van der Waals surface area contributed by atoms with Gasteiger partial charge in [-0.3, -0.25) is 14.5 Å². The number of hydrogen-bond donors (Lipinski definition) is 1. The van der Waals surface area contributed by atoms with Gasteiger partial charge in [0, 0.05) is 13.6 Å². The van der Waals surface area contributed by atoms with Crippen molar-refractivity contribution in [1.82, 2.24) is 15.1 Å². The first-order chi connectivity index (χ1) is 14.8. The Balaban J connectivity index is 1.52. The topological polar surface area (TPSA) is 69.7 Å². The number of benzene rings is 3. The van der Waals surface area contributed by atoms with E-state index < -0.39 is 17.5 Å². The molecule has 3 aromatic carbocycles. The number of hydrogen-bond acceptors (Lipinski definition) is 3. The van der Waals surface area contributed by atoms with Crippen molar-refractivity contribution in [3.63, 3.8) is 0 Å². The van der Waals surface area contributed by atoms with Crippen molar-refractivity contribution in [2.45, 2.75) is 25.9 Å². The monoisotopic (exact) mass is 415 g/mol. The van der Waals surface area contributed by atoms with Crippen LogP contribution in [0.15, 0.2) is 66.7 Å². The lowest BCUT2D eigenvalue weighted by atomic mass is 9.90. The number of amides is 4. The molecule has 0 aliphatic carbocycles. The van der Waals surface area contributed by atoms with E-state index in [1.54, 1.807) is 14.0 Å². The van der Waals surface area contributed by atoms with Gasteiger partial charge in [-0.2, -0.15) is 0 Å². The highest BCUT2D eigenvalue weighted by Gasteiger charge is 2.49. The van der Waals surface area contributed by atoms with Crippen molar-refractivity contribution in [2.75, 3.05) is 13.6 Å². The van der Waals surface area contributed by atoms with E-state index in [4.69, 9.17) is 0 Å². The van der Waals surface area contributed by atoms with Gasteiger partial charge in [-0.25, -0.2) is 4.79 Å². The fourth-order valence-corrected chi connectivity index (χ4v) is 3.92. The number of nitrogens with one attached hydrogen (secondary N) is 1. The third kappa shape index (κ3) is 3.77. The standard InChI is InChI=1S/C25H25N3O3/c1-17-8-4-5-11-20(17)15-27(3)22(29)16-28-23(30)25(2,26-24(28)31)21-13-12-18-9-6-7-10-19(18)14-21/h4-14H,15-16H2,1-3H3,(H,26,31). The number of aryl methyl sites for hydroxylation is 1. The molecule has 158 valence electrons. The van der Waals surface area contributed by atoms with E-state index in [1.165, 1.54) is 4.90 Å². The van der Waals surface area contributed by atoms with Gasteiger partial charge in [-0.05, 0) is 47.4 Å². The number of rotatable bonds is 5. The number of imide groups is 1. The summed E-state index contributed by atoms with van der Waals surface area (Å²) in [6.45, 7) is 3.78. The summed E-state index contributed by atoms with van der Waals surface area (Å²) in [4.78, 5) is 41.2. The van der Waals surface area contributed by atoms with Crippen molar-refractivity contribution in [3.05, 3.63) is 83.4 Å². The van der Waals surface area contributed by atoms with E-state index in [0.717, 1.165) is 26.8 Å². The molecule has 4 amide bonds. The van der Waals surface area contributed by atoms with E-state index in [9.17, 15) is 14.4 Å². The van der Waals surface area contributed by atoms with Gasteiger partial charge in [0.05, 0.1) is 0 Å². The summed E-state index contributed by atoms with van der Waals surface area (Å²) in [5, 5.41) is 4.82. The molecule has 6 heteroatoms. The summed E-state index contributed by atoms with van der Waals surface area (Å²) in [6.07, 6.45) is 0. The van der Waals surface area contributed by atoms with Crippen molar-refractivity contribution < 1.29 is 14.4 Å². The minimum absolute atomic E-state index is 0.295. The SMILES string of the molecule is Cc1ccccc1CN(C)C(=O)CN1C(=O)NC(C)(c2ccc3ccccc3c2)C1=O. The number of nitrogens with zero attached hydrogens (tertiary/aromatic N) is 2. The Morgan fingerprint density at radius 3 is 2.42 bits per heavy atom. The molecule has 1 aliphatic rings. The Hall–Kier alpha value is -3.67. The van der Waals surface area contributed by atoms with Crippen LogP contribution in [0.25, 0.3) is 10.8 Å². The molecule has 1 N–H and O–H groups in total. The van der Waals surface area contributed by atoms with Crippen molar-refractivity contribution in [2.24, 2.45) is 0 Å². The van der Waals surface area contributed by atoms with Crippen LogP contribution < -0.4 is 5.32 Å². The average molecular weight is 415 g/mol. The lowest BCUT2D eigenvalue weighted by Crippen LogP contribution is -2.43. The molecule has 1 unspecified atom stereocenters. The molecule has 0 aromatic heterocycles. The van der Waals surface area contributed by atoms with Gasteiger partial charge < -0.3 is 10.2 Å². The Kier molecular flexibility index (Phi) is 5.23. The Morgan fingerprint density at radius 2 is 1.68 bits per heavy atom. The molecule has 31 heavy (non-hydrogen) atoms. The molecule has 1 heterocycles. The molecule has 1 atom stereocenters. The maximum atomic E-state index is 13.2. The Morgan fingerprint density at radius 1 is 1.00 bits per heavy atom. The van der Waals surface area contributed by atoms with Crippen LogP contribution in [-0.4, -0.2) is 41.2 Å². The van der Waals surface area contributed by atoms with Crippen LogP contribution in [0.2, 0.25) is 0 Å². The molecule has 1 saturated heterocycles. The van der Waals surface area contributed by atoms with Crippen molar-refractivity contribution in [1.29, 1.82) is 0 Å². The highest BCUT2D eigenvalue weighted by molar-refractivity contribution is 6.09. The number of carbonyl (C=O) groups is 3. The normalized spacial score (nSPS) is 18.4. The van der Waals surface area contributed by atoms with Crippen LogP contribution in [-0.2, 0) is 21.7 Å². The zero-order chi connectivity index (χ0) is 22.2. The first kappa shape index (κ1) is 20.6. The predicted molar refractivity (Wildman–Crippen MR) is 119 cm³/mol. The molecule has 1 aliphatic heterocycles. The van der Waals surface area contributed by atoms with Gasteiger partial charge in [0.25, 0.3) is 5.91 Å². The van der Waals surface area contributed by atoms with Gasteiger partial charge in [-0.15, -0.1) is 0 Å². The van der Waals surface area contributed by atoms with E-state index in [0.29, 0.717) is 12.1 Å². The third-order valence-corrected chi connectivity index (χ3v) is 5.99. The van der Waals surface area contributed by atoms with E-state index >= 15 is 0 Å². The second-order valence-corrected chi connectivity index (χ2v) is 8.18. The smallest absolute Gasteiger partial charge is 0.325 e. The molecule has 4 rings (SSSR count). The highest BCUT2D eigenvalue weighted by Crippen LogP contribution is 2.31. The first-order valence-electron chi connectivity index (χ1n) is 10.2. The molecule has 1 fully saturated rings. The summed E-state index contributed by atoms with van der Waals surface area (Å²) in [7, 11) is 1.68. The molecule has 0 spiro atoms. The quantitative estimate of drug-likeness (QED) is 0.648. The van der Waals surface area contributed by atoms with Crippen LogP contribution >= 0.6 is 0 Å². The number of fused-ring (bicyclic) bond motifs is 1. The Bertz CT molecular complexity index is 1190. The van der Waals surface area contributed by atoms with Crippen LogP contribution in [0.1, 0.15) is 23.6 Å². The summed E-state index contributed by atoms with van der Waals surface area (Å²) in [5.74, 6) is -0.722. The highest BCUT2D eigenvalue weighted by atomic mass is 16.2.